The van der Waals surface area contributed by atoms with Gasteiger partial charge in [0.2, 0.25) is 5.88 Å². The second-order valence-electron chi connectivity index (χ2n) is 3.33. The van der Waals surface area contributed by atoms with E-state index in [2.05, 4.69) is 10.2 Å². The highest BCUT2D eigenvalue weighted by Crippen LogP contribution is 2.27. The second-order valence-corrected chi connectivity index (χ2v) is 3.33. The van der Waals surface area contributed by atoms with Crippen molar-refractivity contribution in [2.75, 3.05) is 13.2 Å². The highest BCUT2D eigenvalue weighted by Gasteiger charge is 2.18. The van der Waals surface area contributed by atoms with E-state index < -0.39 is 0 Å². The summed E-state index contributed by atoms with van der Waals surface area (Å²) in [5.74, 6) is 0.793. The number of fused-ring (bicyclic) bond motifs is 1. The molecule has 0 fully saturated rings. The fraction of sp³-hybridized carbons (Fsp3) is 0.667. The Balaban J connectivity index is 1.96. The van der Waals surface area contributed by atoms with Crippen LogP contribution in [0.1, 0.15) is 24.1 Å². The van der Waals surface area contributed by atoms with Crippen LogP contribution in [0.25, 0.3) is 0 Å². The van der Waals surface area contributed by atoms with Crippen molar-refractivity contribution in [1.82, 2.24) is 10.2 Å². The molecule has 1 heterocycles. The van der Waals surface area contributed by atoms with Gasteiger partial charge in [0.25, 0.3) is 0 Å². The summed E-state index contributed by atoms with van der Waals surface area (Å²) in [5.41, 5.74) is 7.90. The van der Waals surface area contributed by atoms with E-state index in [1.165, 1.54) is 17.7 Å². The maximum atomic E-state index is 5.51. The van der Waals surface area contributed by atoms with Gasteiger partial charge in [0.15, 0.2) is 0 Å². The lowest BCUT2D eigenvalue weighted by Crippen LogP contribution is -2.06. The number of ether oxygens (including phenoxy) is 1. The molecule has 0 atom stereocenters. The molecule has 1 aliphatic rings. The van der Waals surface area contributed by atoms with Gasteiger partial charge in [0, 0.05) is 11.3 Å². The molecule has 0 radical (unpaired) electrons. The lowest BCUT2D eigenvalue weighted by Gasteiger charge is -2.02. The minimum atomic E-state index is 0.673. The molecule has 1 aromatic rings. The third kappa shape index (κ3) is 1.67. The van der Waals surface area contributed by atoms with Crippen LogP contribution in [-0.4, -0.2) is 23.3 Å². The Hall–Kier alpha value is -1.03. The summed E-state index contributed by atoms with van der Waals surface area (Å²) in [4.78, 5) is 0. The number of aromatic amines is 1. The highest BCUT2D eigenvalue weighted by atomic mass is 16.5. The molecule has 4 nitrogen and oxygen atoms in total. The van der Waals surface area contributed by atoms with Gasteiger partial charge in [0.1, 0.15) is 0 Å². The molecule has 1 aliphatic carbocycles. The first kappa shape index (κ1) is 8.56. The third-order valence-electron chi connectivity index (χ3n) is 2.36. The monoisotopic (exact) mass is 181 g/mol. The minimum absolute atomic E-state index is 0.673. The van der Waals surface area contributed by atoms with E-state index in [0.29, 0.717) is 13.2 Å². The number of hydrogen-bond acceptors (Lipinski definition) is 3. The van der Waals surface area contributed by atoms with Crippen molar-refractivity contribution in [2.45, 2.75) is 25.7 Å². The molecular weight excluding hydrogens is 166 g/mol. The Kier molecular flexibility index (Phi) is 2.49. The number of nitrogens with zero attached hydrogens (tertiary/aromatic N) is 1. The summed E-state index contributed by atoms with van der Waals surface area (Å²) in [6, 6.07) is 0. The summed E-state index contributed by atoms with van der Waals surface area (Å²) in [6.07, 6.45) is 4.32. The van der Waals surface area contributed by atoms with E-state index in [-0.39, 0.29) is 0 Å². The van der Waals surface area contributed by atoms with Crippen LogP contribution in [0.4, 0.5) is 0 Å². The number of rotatable bonds is 4. The van der Waals surface area contributed by atoms with Gasteiger partial charge in [-0.15, -0.1) is 5.10 Å². The molecule has 0 spiro atoms. The van der Waals surface area contributed by atoms with Crippen LogP contribution in [0, 0.1) is 0 Å². The number of H-pyrrole nitrogens is 1. The van der Waals surface area contributed by atoms with Gasteiger partial charge in [-0.25, -0.2) is 0 Å². The number of aromatic nitrogens is 2. The number of hydrogen-bond donors (Lipinski definition) is 2. The van der Waals surface area contributed by atoms with E-state index in [1.54, 1.807) is 0 Å². The van der Waals surface area contributed by atoms with Crippen molar-refractivity contribution in [1.29, 1.82) is 0 Å². The van der Waals surface area contributed by atoms with Gasteiger partial charge in [-0.2, -0.15) is 0 Å². The van der Waals surface area contributed by atoms with Crippen molar-refractivity contribution in [3.8, 4) is 5.88 Å². The van der Waals surface area contributed by atoms with Crippen LogP contribution < -0.4 is 10.5 Å². The molecule has 72 valence electrons. The Morgan fingerprint density at radius 1 is 1.46 bits per heavy atom. The predicted molar refractivity (Wildman–Crippen MR) is 49.8 cm³/mol. The third-order valence-corrected chi connectivity index (χ3v) is 2.36. The topological polar surface area (TPSA) is 63.9 Å². The summed E-state index contributed by atoms with van der Waals surface area (Å²) < 4.78 is 5.51. The van der Waals surface area contributed by atoms with Crippen LogP contribution in [0.15, 0.2) is 0 Å². The van der Waals surface area contributed by atoms with Gasteiger partial charge in [-0.1, -0.05) is 0 Å². The lowest BCUT2D eigenvalue weighted by atomic mass is 10.3. The fourth-order valence-electron chi connectivity index (χ4n) is 1.66. The van der Waals surface area contributed by atoms with Crippen LogP contribution in [0.5, 0.6) is 5.88 Å². The zero-order valence-corrected chi connectivity index (χ0v) is 7.68. The smallest absolute Gasteiger partial charge is 0.236 e. The molecule has 0 unspecified atom stereocenters. The maximum absolute atomic E-state index is 5.51. The molecule has 0 aliphatic heterocycles. The van der Waals surface area contributed by atoms with Crippen LogP contribution in [0.2, 0.25) is 0 Å². The van der Waals surface area contributed by atoms with Crippen molar-refractivity contribution in [2.24, 2.45) is 5.73 Å². The van der Waals surface area contributed by atoms with Crippen LogP contribution in [-0.2, 0) is 12.8 Å². The van der Waals surface area contributed by atoms with Crippen molar-refractivity contribution < 1.29 is 4.74 Å². The quantitative estimate of drug-likeness (QED) is 0.669. The van der Waals surface area contributed by atoms with E-state index >= 15 is 0 Å². The standard InChI is InChI=1S/C9H15N3O/c10-5-2-6-13-9-7-3-1-4-8(7)11-12-9/h1-6,10H2,(H,11,12). The fourth-order valence-corrected chi connectivity index (χ4v) is 1.66. The highest BCUT2D eigenvalue weighted by molar-refractivity contribution is 5.33. The zero-order valence-electron chi connectivity index (χ0n) is 7.68. The summed E-state index contributed by atoms with van der Waals surface area (Å²) in [5, 5.41) is 7.13. The van der Waals surface area contributed by atoms with Crippen LogP contribution in [0.3, 0.4) is 0 Å². The molecule has 3 N–H and O–H groups in total. The molecular formula is C9H15N3O. The van der Waals surface area contributed by atoms with Gasteiger partial charge in [-0.3, -0.25) is 5.10 Å². The van der Waals surface area contributed by atoms with Crippen molar-refractivity contribution in [3.05, 3.63) is 11.3 Å². The average molecular weight is 181 g/mol. The second kappa shape index (κ2) is 3.79. The summed E-state index contributed by atoms with van der Waals surface area (Å²) in [6.45, 7) is 1.35. The van der Waals surface area contributed by atoms with Gasteiger partial charge < -0.3 is 10.5 Å². The summed E-state index contributed by atoms with van der Waals surface area (Å²) >= 11 is 0. The SMILES string of the molecule is NCCCOc1n[nH]c2c1CCC2. The largest absolute Gasteiger partial charge is 0.476 e. The Morgan fingerprint density at radius 2 is 2.38 bits per heavy atom. The normalized spacial score (nSPS) is 14.5. The Morgan fingerprint density at radius 3 is 3.23 bits per heavy atom. The zero-order chi connectivity index (χ0) is 9.10. The molecule has 0 bridgehead atoms. The minimum Gasteiger partial charge on any atom is -0.476 e. The molecule has 1 aromatic heterocycles. The first-order valence-electron chi connectivity index (χ1n) is 4.81. The molecule has 0 saturated carbocycles. The van der Waals surface area contributed by atoms with Gasteiger partial charge >= 0.3 is 0 Å². The molecule has 4 heteroatoms. The van der Waals surface area contributed by atoms with E-state index in [4.69, 9.17) is 10.5 Å². The van der Waals surface area contributed by atoms with Gasteiger partial charge in [-0.05, 0) is 32.2 Å². The molecule has 0 aromatic carbocycles. The lowest BCUT2D eigenvalue weighted by molar-refractivity contribution is 0.298. The molecule has 0 saturated heterocycles. The van der Waals surface area contributed by atoms with Gasteiger partial charge in [0.05, 0.1) is 6.61 Å². The Bertz CT molecular complexity index is 282. The van der Waals surface area contributed by atoms with Crippen molar-refractivity contribution in [3.63, 3.8) is 0 Å². The first-order valence-corrected chi connectivity index (χ1v) is 4.81. The molecule has 0 amide bonds. The van der Waals surface area contributed by atoms with E-state index in [1.807, 2.05) is 0 Å². The maximum Gasteiger partial charge on any atom is 0.236 e. The number of nitrogens with two attached hydrogens (primary N) is 1. The molecule has 2 rings (SSSR count). The molecule has 13 heavy (non-hydrogen) atoms. The number of aryl methyl sites for hydroxylation is 1. The number of nitrogens with one attached hydrogen (secondary N) is 1. The summed E-state index contributed by atoms with van der Waals surface area (Å²) in [7, 11) is 0. The predicted octanol–water partition coefficient (Wildman–Crippen LogP) is 0.626. The van der Waals surface area contributed by atoms with Crippen molar-refractivity contribution >= 4 is 0 Å². The van der Waals surface area contributed by atoms with Crippen LogP contribution >= 0.6 is 0 Å². The van der Waals surface area contributed by atoms with E-state index in [0.717, 1.165) is 25.1 Å². The van der Waals surface area contributed by atoms with E-state index in [9.17, 15) is 0 Å². The average Bonchev–Trinajstić information content (AvgIpc) is 2.68. The first-order chi connectivity index (χ1) is 6.42. The Labute approximate surface area is 77.5 Å².